The summed E-state index contributed by atoms with van der Waals surface area (Å²) >= 11 is 1.80. The molecule has 0 bridgehead atoms. The summed E-state index contributed by atoms with van der Waals surface area (Å²) < 4.78 is 0. The van der Waals surface area contributed by atoms with Crippen LogP contribution >= 0.6 is 11.8 Å². The molecule has 3 N–H and O–H groups in total. The minimum absolute atomic E-state index is 0.00625. The number of carbonyl (C=O) groups excluding carboxylic acids is 1. The van der Waals surface area contributed by atoms with Crippen molar-refractivity contribution in [3.63, 3.8) is 0 Å². The maximum atomic E-state index is 11.7. The smallest absolute Gasteiger partial charge is 0.315 e. The van der Waals surface area contributed by atoms with Crippen LogP contribution in [0.2, 0.25) is 0 Å². The lowest BCUT2D eigenvalue weighted by molar-refractivity contribution is 0.155. The van der Waals surface area contributed by atoms with Crippen molar-refractivity contribution in [3.05, 3.63) is 0 Å². The van der Waals surface area contributed by atoms with E-state index in [1.165, 1.54) is 0 Å². The first kappa shape index (κ1) is 14.6. The quantitative estimate of drug-likeness (QED) is 0.651. The molecule has 1 fully saturated rings. The third kappa shape index (κ3) is 4.76. The van der Waals surface area contributed by atoms with Crippen LogP contribution in [0, 0.1) is 5.92 Å². The zero-order valence-electron chi connectivity index (χ0n) is 11.0. The van der Waals surface area contributed by atoms with E-state index in [0.717, 1.165) is 19.3 Å². The van der Waals surface area contributed by atoms with E-state index in [0.29, 0.717) is 17.7 Å². The zero-order chi connectivity index (χ0) is 12.9. The summed E-state index contributed by atoms with van der Waals surface area (Å²) in [6.07, 6.45) is 5.23. The molecule has 17 heavy (non-hydrogen) atoms. The van der Waals surface area contributed by atoms with Gasteiger partial charge in [-0.15, -0.1) is 0 Å². The summed E-state index contributed by atoms with van der Waals surface area (Å²) in [6, 6.07) is -0.165. The molecule has 0 spiro atoms. The number of aliphatic hydroxyl groups is 1. The summed E-state index contributed by atoms with van der Waals surface area (Å²) in [4.78, 5) is 11.7. The topological polar surface area (TPSA) is 61.4 Å². The van der Waals surface area contributed by atoms with Gasteiger partial charge in [-0.05, 0) is 38.4 Å². The van der Waals surface area contributed by atoms with Gasteiger partial charge in [-0.3, -0.25) is 0 Å². The normalized spacial score (nSPS) is 20.5. The second-order valence-corrected chi connectivity index (χ2v) is 6.34. The summed E-state index contributed by atoms with van der Waals surface area (Å²) in [5.74, 6) is 0.434. The van der Waals surface area contributed by atoms with Gasteiger partial charge >= 0.3 is 6.03 Å². The van der Waals surface area contributed by atoms with Gasteiger partial charge in [0.25, 0.3) is 0 Å². The number of hydrogen-bond donors (Lipinski definition) is 3. The molecule has 1 rings (SSSR count). The van der Waals surface area contributed by atoms with E-state index >= 15 is 0 Å². The first-order valence-electron chi connectivity index (χ1n) is 6.21. The predicted molar refractivity (Wildman–Crippen MR) is 72.3 cm³/mol. The number of urea groups is 1. The number of nitrogens with one attached hydrogen (secondary N) is 2. The molecule has 0 radical (unpaired) electrons. The minimum atomic E-state index is -0.449. The number of aliphatic hydroxyl groups excluding tert-OH is 1. The highest BCUT2D eigenvalue weighted by molar-refractivity contribution is 7.99. The summed E-state index contributed by atoms with van der Waals surface area (Å²) in [5.41, 5.74) is -0.449. The fraction of sp³-hybridized carbons (Fsp3) is 0.917. The van der Waals surface area contributed by atoms with Crippen LogP contribution < -0.4 is 10.6 Å². The molecular weight excluding hydrogens is 236 g/mol. The molecule has 4 nitrogen and oxygen atoms in total. The molecule has 0 heterocycles. The second kappa shape index (κ2) is 6.50. The molecule has 2 amide bonds. The van der Waals surface area contributed by atoms with Crippen molar-refractivity contribution in [1.29, 1.82) is 0 Å². The Morgan fingerprint density at radius 1 is 1.59 bits per heavy atom. The fourth-order valence-corrected chi connectivity index (χ4v) is 2.16. The van der Waals surface area contributed by atoms with Crippen molar-refractivity contribution in [3.8, 4) is 0 Å². The van der Waals surface area contributed by atoms with Crippen LogP contribution in [0.15, 0.2) is 0 Å². The van der Waals surface area contributed by atoms with Crippen molar-refractivity contribution < 1.29 is 9.90 Å². The van der Waals surface area contributed by atoms with E-state index in [-0.39, 0.29) is 12.6 Å². The van der Waals surface area contributed by atoms with Crippen LogP contribution in [0.25, 0.3) is 0 Å². The van der Waals surface area contributed by atoms with Gasteiger partial charge in [0, 0.05) is 11.8 Å². The Labute approximate surface area is 108 Å². The Hall–Kier alpha value is -0.420. The molecule has 2 unspecified atom stereocenters. The lowest BCUT2D eigenvalue weighted by atomic mass is 9.97. The number of hydrogen-bond acceptors (Lipinski definition) is 3. The van der Waals surface area contributed by atoms with Gasteiger partial charge < -0.3 is 15.7 Å². The SMILES string of the molecule is CSC(C)CCNC(=O)NC(C)(CO)C1CC1. The molecule has 1 saturated carbocycles. The van der Waals surface area contributed by atoms with Gasteiger partial charge in [-0.25, -0.2) is 4.79 Å². The molecule has 1 aliphatic rings. The Morgan fingerprint density at radius 3 is 2.71 bits per heavy atom. The summed E-state index contributed by atoms with van der Waals surface area (Å²) in [6.45, 7) is 4.74. The van der Waals surface area contributed by atoms with Crippen molar-refractivity contribution in [1.82, 2.24) is 10.6 Å². The van der Waals surface area contributed by atoms with Gasteiger partial charge in [0.05, 0.1) is 12.1 Å². The fourth-order valence-electron chi connectivity index (χ4n) is 1.80. The van der Waals surface area contributed by atoms with Crippen LogP contribution in [0.1, 0.15) is 33.1 Å². The van der Waals surface area contributed by atoms with Crippen LogP contribution in [0.5, 0.6) is 0 Å². The lowest BCUT2D eigenvalue weighted by Gasteiger charge is -2.28. The van der Waals surface area contributed by atoms with Gasteiger partial charge in [-0.2, -0.15) is 11.8 Å². The van der Waals surface area contributed by atoms with E-state index < -0.39 is 5.54 Å². The molecule has 100 valence electrons. The molecular formula is C12H24N2O2S. The first-order valence-corrected chi connectivity index (χ1v) is 7.50. The zero-order valence-corrected chi connectivity index (χ0v) is 11.8. The van der Waals surface area contributed by atoms with Crippen molar-refractivity contribution in [2.45, 2.75) is 43.9 Å². The maximum Gasteiger partial charge on any atom is 0.315 e. The highest BCUT2D eigenvalue weighted by atomic mass is 32.2. The Morgan fingerprint density at radius 2 is 2.24 bits per heavy atom. The molecule has 0 aromatic heterocycles. The number of amides is 2. The van der Waals surface area contributed by atoms with E-state index in [9.17, 15) is 9.90 Å². The number of carbonyl (C=O) groups is 1. The largest absolute Gasteiger partial charge is 0.394 e. The van der Waals surface area contributed by atoms with Crippen LogP contribution in [-0.4, -0.2) is 41.3 Å². The van der Waals surface area contributed by atoms with Crippen molar-refractivity contribution >= 4 is 17.8 Å². The Bertz CT molecular complexity index is 259. The number of thioether (sulfide) groups is 1. The maximum absolute atomic E-state index is 11.7. The van der Waals surface area contributed by atoms with E-state index in [2.05, 4.69) is 23.8 Å². The van der Waals surface area contributed by atoms with Crippen LogP contribution in [0.3, 0.4) is 0 Å². The van der Waals surface area contributed by atoms with E-state index in [1.807, 2.05) is 6.92 Å². The van der Waals surface area contributed by atoms with Gasteiger partial charge in [0.1, 0.15) is 0 Å². The Balaban J connectivity index is 2.23. The van der Waals surface area contributed by atoms with Crippen molar-refractivity contribution in [2.75, 3.05) is 19.4 Å². The highest BCUT2D eigenvalue weighted by Gasteiger charge is 2.42. The minimum Gasteiger partial charge on any atom is -0.394 e. The van der Waals surface area contributed by atoms with E-state index in [4.69, 9.17) is 0 Å². The van der Waals surface area contributed by atoms with E-state index in [1.54, 1.807) is 11.8 Å². The molecule has 0 saturated heterocycles. The summed E-state index contributed by atoms with van der Waals surface area (Å²) in [7, 11) is 0. The average molecular weight is 260 g/mol. The molecule has 0 aliphatic heterocycles. The van der Waals surface area contributed by atoms with Crippen LogP contribution in [0.4, 0.5) is 4.79 Å². The van der Waals surface area contributed by atoms with Gasteiger partial charge in [0.15, 0.2) is 0 Å². The third-order valence-electron chi connectivity index (χ3n) is 3.44. The summed E-state index contributed by atoms with van der Waals surface area (Å²) in [5, 5.41) is 15.6. The first-order chi connectivity index (χ1) is 8.01. The Kier molecular flexibility index (Phi) is 5.59. The monoisotopic (exact) mass is 260 g/mol. The molecule has 5 heteroatoms. The number of rotatable bonds is 7. The van der Waals surface area contributed by atoms with Gasteiger partial charge in [0.2, 0.25) is 0 Å². The lowest BCUT2D eigenvalue weighted by Crippen LogP contribution is -2.54. The van der Waals surface area contributed by atoms with Gasteiger partial charge in [-0.1, -0.05) is 6.92 Å². The van der Waals surface area contributed by atoms with Crippen LogP contribution in [-0.2, 0) is 0 Å². The standard InChI is InChI=1S/C12H24N2O2S/c1-9(17-3)6-7-13-11(16)14-12(2,8-15)10-4-5-10/h9-10,15H,4-8H2,1-3H3,(H2,13,14,16). The molecule has 1 aliphatic carbocycles. The highest BCUT2D eigenvalue weighted by Crippen LogP contribution is 2.39. The molecule has 0 aromatic rings. The average Bonchev–Trinajstić information content (AvgIpc) is 3.12. The molecule has 0 aromatic carbocycles. The third-order valence-corrected chi connectivity index (χ3v) is 4.49. The predicted octanol–water partition coefficient (Wildman–Crippen LogP) is 1.59. The van der Waals surface area contributed by atoms with Crippen molar-refractivity contribution in [2.24, 2.45) is 5.92 Å². The molecule has 2 atom stereocenters. The second-order valence-electron chi connectivity index (χ2n) is 5.07.